The van der Waals surface area contributed by atoms with Crippen LogP contribution in [0.25, 0.3) is 11.0 Å². The third-order valence-corrected chi connectivity index (χ3v) is 4.96. The van der Waals surface area contributed by atoms with Gasteiger partial charge in [0.25, 0.3) is 5.56 Å². The predicted molar refractivity (Wildman–Crippen MR) is 113 cm³/mol. The Labute approximate surface area is 163 Å². The molecule has 0 radical (unpaired) electrons. The highest BCUT2D eigenvalue weighted by atomic mass is 16.1. The number of aryl methyl sites for hydroxylation is 2. The largest absolute Gasteiger partial charge is 0.361 e. The molecule has 140 valence electrons. The monoisotopic (exact) mass is 370 g/mol. The quantitative estimate of drug-likeness (QED) is 0.575. The number of benzene rings is 2. The Kier molecular flexibility index (Phi) is 4.89. The van der Waals surface area contributed by atoms with Gasteiger partial charge < -0.3 is 5.32 Å². The summed E-state index contributed by atoms with van der Waals surface area (Å²) in [5.74, 6) is 0.354. The molecule has 2 heterocycles. The summed E-state index contributed by atoms with van der Waals surface area (Å²) >= 11 is 0. The summed E-state index contributed by atoms with van der Waals surface area (Å²) in [6.45, 7) is 5.20. The second-order valence-corrected chi connectivity index (χ2v) is 6.97. The number of pyridine rings is 1. The van der Waals surface area contributed by atoms with Crippen LogP contribution in [0, 0.1) is 13.8 Å². The molecule has 0 atom stereocenters. The lowest BCUT2D eigenvalue weighted by atomic mass is 10.1. The van der Waals surface area contributed by atoms with Crippen LogP contribution in [0.5, 0.6) is 0 Å². The van der Waals surface area contributed by atoms with Crippen molar-refractivity contribution in [2.24, 2.45) is 0 Å². The van der Waals surface area contributed by atoms with Crippen molar-refractivity contribution in [3.63, 3.8) is 0 Å². The van der Waals surface area contributed by atoms with E-state index in [-0.39, 0.29) is 5.56 Å². The van der Waals surface area contributed by atoms with E-state index in [1.807, 2.05) is 36.4 Å². The summed E-state index contributed by atoms with van der Waals surface area (Å²) in [5.41, 5.74) is 5.99. The fourth-order valence-corrected chi connectivity index (χ4v) is 3.22. The van der Waals surface area contributed by atoms with Gasteiger partial charge in [-0.05, 0) is 42.2 Å². The van der Waals surface area contributed by atoms with E-state index < -0.39 is 0 Å². The summed E-state index contributed by atoms with van der Waals surface area (Å²) in [6, 6.07) is 18.1. The van der Waals surface area contributed by atoms with Crippen molar-refractivity contribution in [3.05, 3.63) is 99.6 Å². The Morgan fingerprint density at radius 3 is 2.57 bits per heavy atom. The van der Waals surface area contributed by atoms with Crippen LogP contribution >= 0.6 is 0 Å². The van der Waals surface area contributed by atoms with Crippen LogP contribution in [0.2, 0.25) is 0 Å². The van der Waals surface area contributed by atoms with Gasteiger partial charge in [-0.1, -0.05) is 48.5 Å². The van der Waals surface area contributed by atoms with Crippen molar-refractivity contribution >= 4 is 16.9 Å². The van der Waals surface area contributed by atoms with Crippen LogP contribution < -0.4 is 10.9 Å². The molecule has 28 heavy (non-hydrogen) atoms. The molecule has 2 aromatic carbocycles. The van der Waals surface area contributed by atoms with Crippen molar-refractivity contribution in [1.29, 1.82) is 0 Å². The first-order valence-corrected chi connectivity index (χ1v) is 9.30. The highest BCUT2D eigenvalue weighted by Gasteiger charge is 2.12. The summed E-state index contributed by atoms with van der Waals surface area (Å²) in [4.78, 5) is 21.9. The van der Waals surface area contributed by atoms with Crippen molar-refractivity contribution in [2.45, 2.75) is 26.9 Å². The third-order valence-electron chi connectivity index (χ3n) is 4.96. The minimum Gasteiger partial charge on any atom is -0.361 e. The Morgan fingerprint density at radius 1 is 0.964 bits per heavy atom. The van der Waals surface area contributed by atoms with Crippen molar-refractivity contribution in [1.82, 2.24) is 14.5 Å². The molecule has 0 saturated heterocycles. The maximum atomic E-state index is 13.1. The van der Waals surface area contributed by atoms with Gasteiger partial charge in [-0.25, -0.2) is 4.98 Å². The number of fused-ring (bicyclic) bond motifs is 1. The number of hydrogen-bond donors (Lipinski definition) is 1. The lowest BCUT2D eigenvalue weighted by Gasteiger charge is -2.13. The zero-order valence-corrected chi connectivity index (χ0v) is 16.0. The van der Waals surface area contributed by atoms with Crippen molar-refractivity contribution < 1.29 is 0 Å². The highest BCUT2D eigenvalue weighted by molar-refractivity contribution is 5.75. The second kappa shape index (κ2) is 7.64. The first-order chi connectivity index (χ1) is 13.6. The van der Waals surface area contributed by atoms with Gasteiger partial charge in [0.1, 0.15) is 0 Å². The number of anilines is 1. The smallest absolute Gasteiger partial charge is 0.294 e. The topological polar surface area (TPSA) is 59.8 Å². The number of nitrogens with one attached hydrogen (secondary N) is 1. The van der Waals surface area contributed by atoms with Crippen LogP contribution in [-0.4, -0.2) is 14.5 Å². The van der Waals surface area contributed by atoms with Crippen LogP contribution in [0.4, 0.5) is 5.82 Å². The molecule has 1 N–H and O–H groups in total. The Morgan fingerprint density at radius 2 is 1.79 bits per heavy atom. The Balaban J connectivity index is 1.71. The molecule has 5 nitrogen and oxygen atoms in total. The first-order valence-electron chi connectivity index (χ1n) is 9.30. The average molecular weight is 370 g/mol. The maximum Gasteiger partial charge on any atom is 0.294 e. The number of rotatable bonds is 5. The van der Waals surface area contributed by atoms with E-state index in [0.717, 1.165) is 22.2 Å². The van der Waals surface area contributed by atoms with E-state index in [4.69, 9.17) is 0 Å². The van der Waals surface area contributed by atoms with Gasteiger partial charge in [-0.3, -0.25) is 14.3 Å². The van der Waals surface area contributed by atoms with Crippen LogP contribution in [-0.2, 0) is 13.1 Å². The van der Waals surface area contributed by atoms with Crippen LogP contribution in [0.3, 0.4) is 0 Å². The molecular formula is C23H22N4O. The molecule has 5 heteroatoms. The van der Waals surface area contributed by atoms with E-state index in [9.17, 15) is 4.79 Å². The fourth-order valence-electron chi connectivity index (χ4n) is 3.22. The molecule has 0 fully saturated rings. The minimum absolute atomic E-state index is 0.145. The van der Waals surface area contributed by atoms with E-state index >= 15 is 0 Å². The number of aromatic nitrogens is 3. The molecule has 4 rings (SSSR count). The van der Waals surface area contributed by atoms with E-state index in [2.05, 4.69) is 47.3 Å². The summed E-state index contributed by atoms with van der Waals surface area (Å²) in [5, 5.41) is 3.23. The second-order valence-electron chi connectivity index (χ2n) is 6.97. The predicted octanol–water partition coefficient (Wildman–Crippen LogP) is 4.07. The standard InChI is InChI=1S/C23H22N4O/c1-16-8-9-19(12-17(16)2)13-25-22-23(28)27(15-18-6-4-3-5-7-18)21-14-24-11-10-20(21)26-22/h3-12,14H,13,15H2,1-2H3,(H,25,26). The van der Waals surface area contributed by atoms with Gasteiger partial charge in [0.15, 0.2) is 5.82 Å². The van der Waals surface area contributed by atoms with Crippen molar-refractivity contribution in [2.75, 3.05) is 5.32 Å². The molecule has 0 aliphatic rings. The average Bonchev–Trinajstić information content (AvgIpc) is 2.72. The van der Waals surface area contributed by atoms with Gasteiger partial charge >= 0.3 is 0 Å². The Bertz CT molecular complexity index is 1180. The molecule has 0 aliphatic heterocycles. The molecule has 4 aromatic rings. The van der Waals surface area contributed by atoms with Gasteiger partial charge in [0.2, 0.25) is 0 Å². The van der Waals surface area contributed by atoms with Gasteiger partial charge in [-0.2, -0.15) is 0 Å². The summed E-state index contributed by atoms with van der Waals surface area (Å²) in [7, 11) is 0. The lowest BCUT2D eigenvalue weighted by Crippen LogP contribution is -2.26. The van der Waals surface area contributed by atoms with Gasteiger partial charge in [-0.15, -0.1) is 0 Å². The number of nitrogens with zero attached hydrogens (tertiary/aromatic N) is 3. The molecule has 0 unspecified atom stereocenters. The van der Waals surface area contributed by atoms with Crippen LogP contribution in [0.15, 0.2) is 71.8 Å². The van der Waals surface area contributed by atoms with Gasteiger partial charge in [0, 0.05) is 12.7 Å². The highest BCUT2D eigenvalue weighted by Crippen LogP contribution is 2.14. The van der Waals surface area contributed by atoms with Crippen molar-refractivity contribution in [3.8, 4) is 0 Å². The summed E-state index contributed by atoms with van der Waals surface area (Å²) in [6.07, 6.45) is 3.39. The van der Waals surface area contributed by atoms with E-state index in [1.54, 1.807) is 17.0 Å². The molecule has 0 aliphatic carbocycles. The van der Waals surface area contributed by atoms with E-state index in [0.29, 0.717) is 18.9 Å². The zero-order chi connectivity index (χ0) is 19.5. The normalized spacial score (nSPS) is 10.9. The molecule has 0 amide bonds. The molecule has 0 saturated carbocycles. The maximum absolute atomic E-state index is 13.1. The molecular weight excluding hydrogens is 348 g/mol. The summed E-state index contributed by atoms with van der Waals surface area (Å²) < 4.78 is 1.73. The minimum atomic E-state index is -0.145. The lowest BCUT2D eigenvalue weighted by molar-refractivity contribution is 0.785. The first kappa shape index (κ1) is 17.9. The SMILES string of the molecule is Cc1ccc(CNc2nc3ccncc3n(Cc3ccccc3)c2=O)cc1C. The van der Waals surface area contributed by atoms with Gasteiger partial charge in [0.05, 0.1) is 23.8 Å². The van der Waals surface area contributed by atoms with Crippen LogP contribution in [0.1, 0.15) is 22.3 Å². The Hall–Kier alpha value is -3.47. The molecule has 0 spiro atoms. The third kappa shape index (κ3) is 3.64. The zero-order valence-electron chi connectivity index (χ0n) is 16.0. The van der Waals surface area contributed by atoms with E-state index in [1.165, 1.54) is 11.1 Å². The molecule has 0 bridgehead atoms. The fraction of sp³-hybridized carbons (Fsp3) is 0.174. The molecule has 2 aromatic heterocycles. The number of hydrogen-bond acceptors (Lipinski definition) is 4.